The first-order chi connectivity index (χ1) is 9.47. The van der Waals surface area contributed by atoms with Gasteiger partial charge in [0.15, 0.2) is 6.10 Å². The molecule has 2 rings (SSSR count). The molecule has 0 bridgehead atoms. The molecule has 0 saturated heterocycles. The molecule has 2 aromatic rings. The third-order valence-corrected chi connectivity index (χ3v) is 3.44. The third kappa shape index (κ3) is 4.52. The Kier molecular flexibility index (Phi) is 6.33. The van der Waals surface area contributed by atoms with E-state index in [9.17, 15) is 5.11 Å². The topological polar surface area (TPSA) is 86.8 Å². The Morgan fingerprint density at radius 1 is 1.29 bits per heavy atom. The van der Waals surface area contributed by atoms with E-state index >= 15 is 0 Å². The minimum absolute atomic E-state index is 0. The summed E-state index contributed by atoms with van der Waals surface area (Å²) in [6.07, 6.45) is -0.237. The SMILES string of the molecule is Cc1cccc(Cc2nnc(C(O)[C@@H]([NH3+])C(C)C)o2)c1.[Cl-]. The van der Waals surface area contributed by atoms with Crippen molar-refractivity contribution in [2.24, 2.45) is 5.92 Å². The second kappa shape index (κ2) is 7.54. The van der Waals surface area contributed by atoms with Crippen LogP contribution in [0.25, 0.3) is 0 Å². The zero-order valence-corrected chi connectivity index (χ0v) is 13.3. The quantitative estimate of drug-likeness (QED) is 0.687. The molecule has 5 nitrogen and oxygen atoms in total. The lowest BCUT2D eigenvalue weighted by Gasteiger charge is -2.15. The largest absolute Gasteiger partial charge is 1.00 e. The summed E-state index contributed by atoms with van der Waals surface area (Å²) < 4.78 is 5.55. The van der Waals surface area contributed by atoms with Crippen molar-refractivity contribution >= 4 is 0 Å². The molecule has 0 aliphatic carbocycles. The number of aryl methyl sites for hydroxylation is 1. The van der Waals surface area contributed by atoms with Crippen LogP contribution in [0.4, 0.5) is 0 Å². The Bertz CT molecular complexity index is 572. The van der Waals surface area contributed by atoms with Crippen LogP contribution in [-0.4, -0.2) is 21.3 Å². The standard InChI is InChI=1S/C15H21N3O2.ClH/c1-9(2)13(16)14(19)15-18-17-12(20-15)8-11-6-4-5-10(3)7-11;/h4-7,9,13-14,19H,8,16H2,1-3H3;1H/t13-,14?;/m0./s1. The number of aliphatic hydroxyl groups excluding tert-OH is 1. The molecule has 116 valence electrons. The summed E-state index contributed by atoms with van der Waals surface area (Å²) in [4.78, 5) is 0. The van der Waals surface area contributed by atoms with Crippen molar-refractivity contribution in [2.75, 3.05) is 0 Å². The molecule has 0 aliphatic heterocycles. The predicted octanol–water partition coefficient (Wildman–Crippen LogP) is -1.73. The van der Waals surface area contributed by atoms with E-state index in [-0.39, 0.29) is 30.3 Å². The van der Waals surface area contributed by atoms with Gasteiger partial charge in [-0.15, -0.1) is 10.2 Å². The van der Waals surface area contributed by atoms with E-state index in [4.69, 9.17) is 4.42 Å². The fourth-order valence-electron chi connectivity index (χ4n) is 2.00. The summed E-state index contributed by atoms with van der Waals surface area (Å²) in [6.45, 7) is 6.05. The highest BCUT2D eigenvalue weighted by Gasteiger charge is 2.28. The first-order valence-electron chi connectivity index (χ1n) is 6.86. The number of hydrogen-bond donors (Lipinski definition) is 2. The average molecular weight is 312 g/mol. The van der Waals surface area contributed by atoms with Gasteiger partial charge in [-0.2, -0.15) is 0 Å². The number of aliphatic hydroxyl groups is 1. The molecule has 1 aromatic heterocycles. The normalized spacial score (nSPS) is 13.8. The van der Waals surface area contributed by atoms with Crippen LogP contribution in [0.15, 0.2) is 28.7 Å². The molecule has 1 heterocycles. The fourth-order valence-corrected chi connectivity index (χ4v) is 2.00. The van der Waals surface area contributed by atoms with Crippen molar-refractivity contribution in [2.45, 2.75) is 39.3 Å². The van der Waals surface area contributed by atoms with Crippen LogP contribution in [0.1, 0.15) is 42.9 Å². The maximum Gasteiger partial charge on any atom is 0.251 e. The number of aromatic nitrogens is 2. The van der Waals surface area contributed by atoms with E-state index in [1.807, 2.05) is 39.0 Å². The number of benzene rings is 1. The first-order valence-corrected chi connectivity index (χ1v) is 6.86. The molecule has 6 heteroatoms. The summed E-state index contributed by atoms with van der Waals surface area (Å²) >= 11 is 0. The smallest absolute Gasteiger partial charge is 0.251 e. The zero-order chi connectivity index (χ0) is 14.7. The van der Waals surface area contributed by atoms with Crippen molar-refractivity contribution < 1.29 is 27.7 Å². The van der Waals surface area contributed by atoms with Gasteiger partial charge in [0.25, 0.3) is 5.89 Å². The summed E-state index contributed by atoms with van der Waals surface area (Å²) in [5.41, 5.74) is 6.25. The maximum atomic E-state index is 10.1. The van der Waals surface area contributed by atoms with E-state index in [0.29, 0.717) is 12.3 Å². The number of quaternary nitrogens is 1. The summed E-state index contributed by atoms with van der Waals surface area (Å²) in [5.74, 6) is 1.01. The Hall–Kier alpha value is -1.43. The summed E-state index contributed by atoms with van der Waals surface area (Å²) in [6, 6.07) is 7.98. The van der Waals surface area contributed by atoms with Gasteiger partial charge in [-0.3, -0.25) is 0 Å². The van der Waals surface area contributed by atoms with Gasteiger partial charge in [-0.1, -0.05) is 43.7 Å². The van der Waals surface area contributed by atoms with Crippen LogP contribution in [0.5, 0.6) is 0 Å². The van der Waals surface area contributed by atoms with Crippen LogP contribution in [0.3, 0.4) is 0 Å². The van der Waals surface area contributed by atoms with Gasteiger partial charge in [0.1, 0.15) is 6.04 Å². The van der Waals surface area contributed by atoms with Gasteiger partial charge >= 0.3 is 0 Å². The molecule has 0 radical (unpaired) electrons. The van der Waals surface area contributed by atoms with E-state index in [1.54, 1.807) is 0 Å². The maximum absolute atomic E-state index is 10.1. The monoisotopic (exact) mass is 311 g/mol. The summed E-state index contributed by atoms with van der Waals surface area (Å²) in [7, 11) is 0. The van der Waals surface area contributed by atoms with Crippen LogP contribution in [0.2, 0.25) is 0 Å². The highest BCUT2D eigenvalue weighted by molar-refractivity contribution is 5.24. The van der Waals surface area contributed by atoms with Crippen LogP contribution < -0.4 is 18.1 Å². The van der Waals surface area contributed by atoms with E-state index < -0.39 is 6.10 Å². The Labute approximate surface area is 131 Å². The van der Waals surface area contributed by atoms with Gasteiger partial charge < -0.3 is 27.7 Å². The first kappa shape index (κ1) is 17.6. The third-order valence-electron chi connectivity index (χ3n) is 3.44. The van der Waals surface area contributed by atoms with Crippen molar-refractivity contribution in [1.82, 2.24) is 10.2 Å². The van der Waals surface area contributed by atoms with E-state index in [1.165, 1.54) is 5.56 Å². The molecule has 4 N–H and O–H groups in total. The van der Waals surface area contributed by atoms with Gasteiger partial charge in [0.2, 0.25) is 5.89 Å². The minimum atomic E-state index is -0.811. The number of hydrogen-bond acceptors (Lipinski definition) is 4. The van der Waals surface area contributed by atoms with Crippen molar-refractivity contribution in [1.29, 1.82) is 0 Å². The molecule has 0 aliphatic rings. The second-order valence-electron chi connectivity index (χ2n) is 5.55. The van der Waals surface area contributed by atoms with Crippen LogP contribution in [-0.2, 0) is 6.42 Å². The van der Waals surface area contributed by atoms with Gasteiger partial charge in [0, 0.05) is 5.92 Å². The fraction of sp³-hybridized carbons (Fsp3) is 0.467. The van der Waals surface area contributed by atoms with Crippen molar-refractivity contribution in [3.05, 3.63) is 47.2 Å². The molecule has 0 spiro atoms. The van der Waals surface area contributed by atoms with Crippen LogP contribution >= 0.6 is 0 Å². The molecule has 1 aromatic carbocycles. The second-order valence-corrected chi connectivity index (χ2v) is 5.55. The molecule has 0 amide bonds. The van der Waals surface area contributed by atoms with Gasteiger partial charge in [-0.05, 0) is 12.5 Å². The Morgan fingerprint density at radius 2 is 2.00 bits per heavy atom. The molecule has 1 unspecified atom stereocenters. The zero-order valence-electron chi connectivity index (χ0n) is 12.6. The predicted molar refractivity (Wildman–Crippen MR) is 74.8 cm³/mol. The average Bonchev–Trinajstić information content (AvgIpc) is 2.85. The number of nitrogens with zero attached hydrogens (tertiary/aromatic N) is 2. The lowest BCUT2D eigenvalue weighted by atomic mass is 10.00. The van der Waals surface area contributed by atoms with Gasteiger partial charge in [-0.25, -0.2) is 0 Å². The minimum Gasteiger partial charge on any atom is -1.00 e. The molecule has 0 saturated carbocycles. The number of halogens is 1. The van der Waals surface area contributed by atoms with E-state index in [0.717, 1.165) is 5.56 Å². The van der Waals surface area contributed by atoms with Crippen molar-refractivity contribution in [3.63, 3.8) is 0 Å². The molecule has 21 heavy (non-hydrogen) atoms. The number of rotatable bonds is 5. The highest BCUT2D eigenvalue weighted by Crippen LogP contribution is 2.19. The Morgan fingerprint density at radius 3 is 2.62 bits per heavy atom. The van der Waals surface area contributed by atoms with Crippen molar-refractivity contribution in [3.8, 4) is 0 Å². The lowest BCUT2D eigenvalue weighted by molar-refractivity contribution is -0.451. The van der Waals surface area contributed by atoms with Gasteiger partial charge in [0.05, 0.1) is 6.42 Å². The van der Waals surface area contributed by atoms with E-state index in [2.05, 4.69) is 22.0 Å². The molecular formula is C15H22ClN3O2. The molecule has 2 atom stereocenters. The summed E-state index contributed by atoms with van der Waals surface area (Å²) in [5, 5.41) is 18.1. The highest BCUT2D eigenvalue weighted by atomic mass is 35.5. The molecular weight excluding hydrogens is 290 g/mol. The molecule has 0 fully saturated rings. The Balaban J connectivity index is 0.00000220. The van der Waals surface area contributed by atoms with Crippen LogP contribution in [0, 0.1) is 12.8 Å². The lowest BCUT2D eigenvalue weighted by Crippen LogP contribution is -3.00.